The number of hydrogen-bond acceptors (Lipinski definition) is 3. The maximum atomic E-state index is 14.0. The minimum Gasteiger partial charge on any atom is -0.380 e. The van der Waals surface area contributed by atoms with Gasteiger partial charge in [-0.3, -0.25) is 4.90 Å². The lowest BCUT2D eigenvalue weighted by atomic mass is 9.95. The molecular formula is C17H27FN2O. The fourth-order valence-corrected chi connectivity index (χ4v) is 2.92. The first-order valence-corrected chi connectivity index (χ1v) is 7.87. The minimum absolute atomic E-state index is 0.108. The summed E-state index contributed by atoms with van der Waals surface area (Å²) in [5.41, 5.74) is 1.93. The molecule has 2 unspecified atom stereocenters. The van der Waals surface area contributed by atoms with Crippen LogP contribution in [0.25, 0.3) is 0 Å². The first kappa shape index (κ1) is 16.4. The molecule has 1 aliphatic heterocycles. The average molecular weight is 294 g/mol. The summed E-state index contributed by atoms with van der Waals surface area (Å²) in [6, 6.07) is 5.43. The highest BCUT2D eigenvalue weighted by molar-refractivity contribution is 5.25. The number of piperidine rings is 1. The van der Waals surface area contributed by atoms with Gasteiger partial charge in [0, 0.05) is 32.3 Å². The highest BCUT2D eigenvalue weighted by atomic mass is 19.1. The van der Waals surface area contributed by atoms with Crippen molar-refractivity contribution in [1.29, 1.82) is 0 Å². The summed E-state index contributed by atoms with van der Waals surface area (Å²) >= 11 is 0. The summed E-state index contributed by atoms with van der Waals surface area (Å²) in [6.07, 6.45) is 1.36. The first-order valence-electron chi connectivity index (χ1n) is 7.87. The third-order valence-electron chi connectivity index (χ3n) is 4.36. The SMILES string of the molecule is CCNCc1ccc(F)c(CN2CCC(C)C(OC)C2)c1. The van der Waals surface area contributed by atoms with Crippen LogP contribution in [0, 0.1) is 11.7 Å². The van der Waals surface area contributed by atoms with Crippen LogP contribution in [0.15, 0.2) is 18.2 Å². The zero-order valence-corrected chi connectivity index (χ0v) is 13.4. The molecule has 0 radical (unpaired) electrons. The molecule has 4 heteroatoms. The zero-order chi connectivity index (χ0) is 15.2. The van der Waals surface area contributed by atoms with E-state index in [-0.39, 0.29) is 11.9 Å². The highest BCUT2D eigenvalue weighted by Crippen LogP contribution is 2.22. The molecule has 2 rings (SSSR count). The van der Waals surface area contributed by atoms with Crippen LogP contribution >= 0.6 is 0 Å². The molecule has 118 valence electrons. The van der Waals surface area contributed by atoms with Gasteiger partial charge in [-0.2, -0.15) is 0 Å². The van der Waals surface area contributed by atoms with Crippen molar-refractivity contribution in [2.24, 2.45) is 5.92 Å². The number of halogens is 1. The van der Waals surface area contributed by atoms with E-state index in [1.54, 1.807) is 13.2 Å². The molecule has 21 heavy (non-hydrogen) atoms. The number of methoxy groups -OCH3 is 1. The van der Waals surface area contributed by atoms with Crippen LogP contribution in [0.4, 0.5) is 4.39 Å². The lowest BCUT2D eigenvalue weighted by Crippen LogP contribution is -2.43. The number of hydrogen-bond donors (Lipinski definition) is 1. The van der Waals surface area contributed by atoms with E-state index in [4.69, 9.17) is 4.74 Å². The van der Waals surface area contributed by atoms with Gasteiger partial charge in [-0.05, 0) is 37.1 Å². The monoisotopic (exact) mass is 294 g/mol. The lowest BCUT2D eigenvalue weighted by Gasteiger charge is -2.36. The van der Waals surface area contributed by atoms with E-state index in [1.807, 2.05) is 12.1 Å². The van der Waals surface area contributed by atoms with Gasteiger partial charge in [0.25, 0.3) is 0 Å². The zero-order valence-electron chi connectivity index (χ0n) is 13.4. The fourth-order valence-electron chi connectivity index (χ4n) is 2.92. The summed E-state index contributed by atoms with van der Waals surface area (Å²) in [5, 5.41) is 3.28. The van der Waals surface area contributed by atoms with Crippen LogP contribution in [-0.4, -0.2) is 37.7 Å². The summed E-state index contributed by atoms with van der Waals surface area (Å²) < 4.78 is 19.6. The van der Waals surface area contributed by atoms with Crippen molar-refractivity contribution in [2.45, 2.75) is 39.5 Å². The van der Waals surface area contributed by atoms with Crippen LogP contribution in [0.3, 0.4) is 0 Å². The lowest BCUT2D eigenvalue weighted by molar-refractivity contribution is -0.00772. The van der Waals surface area contributed by atoms with Gasteiger partial charge < -0.3 is 10.1 Å². The molecule has 1 fully saturated rings. The summed E-state index contributed by atoms with van der Waals surface area (Å²) in [7, 11) is 1.77. The largest absolute Gasteiger partial charge is 0.380 e. The second-order valence-corrected chi connectivity index (χ2v) is 5.98. The Hall–Kier alpha value is -0.970. The van der Waals surface area contributed by atoms with Gasteiger partial charge >= 0.3 is 0 Å². The Balaban J connectivity index is 2.01. The van der Waals surface area contributed by atoms with Crippen LogP contribution in [0.2, 0.25) is 0 Å². The quantitative estimate of drug-likeness (QED) is 0.873. The number of nitrogens with zero attached hydrogens (tertiary/aromatic N) is 1. The molecule has 0 aliphatic carbocycles. The van der Waals surface area contributed by atoms with Gasteiger partial charge in [0.2, 0.25) is 0 Å². The number of likely N-dealkylation sites (tertiary alicyclic amines) is 1. The van der Waals surface area contributed by atoms with E-state index in [0.717, 1.165) is 43.7 Å². The Bertz CT molecular complexity index is 452. The van der Waals surface area contributed by atoms with Crippen molar-refractivity contribution in [3.63, 3.8) is 0 Å². The molecule has 1 N–H and O–H groups in total. The number of nitrogens with one attached hydrogen (secondary N) is 1. The third-order valence-corrected chi connectivity index (χ3v) is 4.36. The van der Waals surface area contributed by atoms with Crippen molar-refractivity contribution < 1.29 is 9.13 Å². The average Bonchev–Trinajstić information content (AvgIpc) is 2.50. The van der Waals surface area contributed by atoms with E-state index in [2.05, 4.69) is 24.1 Å². The van der Waals surface area contributed by atoms with E-state index in [1.165, 1.54) is 0 Å². The maximum Gasteiger partial charge on any atom is 0.127 e. The highest BCUT2D eigenvalue weighted by Gasteiger charge is 2.26. The Morgan fingerprint density at radius 1 is 1.43 bits per heavy atom. The van der Waals surface area contributed by atoms with Crippen molar-refractivity contribution in [1.82, 2.24) is 10.2 Å². The van der Waals surface area contributed by atoms with Gasteiger partial charge in [-0.25, -0.2) is 4.39 Å². The molecule has 1 aromatic carbocycles. The Labute approximate surface area is 127 Å². The van der Waals surface area contributed by atoms with Gasteiger partial charge in [0.15, 0.2) is 0 Å². The fraction of sp³-hybridized carbons (Fsp3) is 0.647. The van der Waals surface area contributed by atoms with Crippen LogP contribution in [0.5, 0.6) is 0 Å². The third kappa shape index (κ3) is 4.50. The molecule has 3 nitrogen and oxygen atoms in total. The van der Waals surface area contributed by atoms with Crippen molar-refractivity contribution in [3.05, 3.63) is 35.1 Å². The van der Waals surface area contributed by atoms with E-state index in [0.29, 0.717) is 12.5 Å². The van der Waals surface area contributed by atoms with Crippen LogP contribution in [-0.2, 0) is 17.8 Å². The predicted molar refractivity (Wildman–Crippen MR) is 83.6 cm³/mol. The number of ether oxygens (including phenoxy) is 1. The molecule has 1 aliphatic rings. The number of benzene rings is 1. The smallest absolute Gasteiger partial charge is 0.127 e. The molecule has 0 bridgehead atoms. The number of rotatable bonds is 6. The predicted octanol–water partition coefficient (Wildman–Crippen LogP) is 2.79. The topological polar surface area (TPSA) is 24.5 Å². The summed E-state index contributed by atoms with van der Waals surface area (Å²) in [5.74, 6) is 0.471. The van der Waals surface area contributed by atoms with E-state index >= 15 is 0 Å². The van der Waals surface area contributed by atoms with Crippen LogP contribution in [0.1, 0.15) is 31.4 Å². The molecule has 0 spiro atoms. The van der Waals surface area contributed by atoms with Gasteiger partial charge in [0.1, 0.15) is 5.82 Å². The molecule has 0 saturated carbocycles. The molecule has 1 saturated heterocycles. The van der Waals surface area contributed by atoms with Crippen molar-refractivity contribution >= 4 is 0 Å². The molecule has 1 aromatic rings. The second-order valence-electron chi connectivity index (χ2n) is 5.98. The van der Waals surface area contributed by atoms with Gasteiger partial charge in [-0.15, -0.1) is 0 Å². The van der Waals surface area contributed by atoms with Crippen molar-refractivity contribution in [3.8, 4) is 0 Å². The van der Waals surface area contributed by atoms with Crippen LogP contribution < -0.4 is 5.32 Å². The molecule has 0 amide bonds. The standard InChI is InChI=1S/C17H27FN2O/c1-4-19-10-14-5-6-16(18)15(9-14)11-20-8-7-13(2)17(12-20)21-3/h5-6,9,13,17,19H,4,7-8,10-12H2,1-3H3. The van der Waals surface area contributed by atoms with Gasteiger partial charge in [0.05, 0.1) is 6.10 Å². The maximum absolute atomic E-state index is 14.0. The van der Waals surface area contributed by atoms with E-state index < -0.39 is 0 Å². The molecular weight excluding hydrogens is 267 g/mol. The molecule has 2 atom stereocenters. The van der Waals surface area contributed by atoms with Gasteiger partial charge in [-0.1, -0.05) is 26.0 Å². The molecule has 1 heterocycles. The molecule has 0 aromatic heterocycles. The second kappa shape index (κ2) is 7.87. The Morgan fingerprint density at radius 2 is 2.24 bits per heavy atom. The minimum atomic E-state index is -0.108. The Kier molecular flexibility index (Phi) is 6.15. The van der Waals surface area contributed by atoms with E-state index in [9.17, 15) is 4.39 Å². The Morgan fingerprint density at radius 3 is 2.95 bits per heavy atom. The normalized spacial score (nSPS) is 23.4. The van der Waals surface area contributed by atoms with Crippen molar-refractivity contribution in [2.75, 3.05) is 26.7 Å². The summed E-state index contributed by atoms with van der Waals surface area (Å²) in [4.78, 5) is 2.30. The first-order chi connectivity index (χ1) is 10.1. The summed E-state index contributed by atoms with van der Waals surface area (Å²) in [6.45, 7) is 8.58.